The van der Waals surface area contributed by atoms with Gasteiger partial charge in [0.25, 0.3) is 5.56 Å². The number of hydrogen-bond donors (Lipinski definition) is 2. The van der Waals surface area contributed by atoms with Crippen molar-refractivity contribution in [2.75, 3.05) is 11.2 Å². The predicted molar refractivity (Wildman–Crippen MR) is 109 cm³/mol. The molecule has 1 heterocycles. The molecule has 6 nitrogen and oxygen atoms in total. The van der Waals surface area contributed by atoms with Crippen molar-refractivity contribution in [3.05, 3.63) is 76.1 Å². The van der Waals surface area contributed by atoms with Crippen LogP contribution in [-0.2, 0) is 0 Å². The van der Waals surface area contributed by atoms with Crippen molar-refractivity contribution in [3.63, 3.8) is 0 Å². The van der Waals surface area contributed by atoms with Crippen molar-refractivity contribution in [3.8, 4) is 17.3 Å². The number of hydrogen-bond acceptors (Lipinski definition) is 6. The summed E-state index contributed by atoms with van der Waals surface area (Å²) in [5.41, 5.74) is 4.12. The lowest BCUT2D eigenvalue weighted by Crippen LogP contribution is -2.16. The number of nitrogens with one attached hydrogen (secondary N) is 2. The smallest absolute Gasteiger partial charge is 0.270 e. The number of rotatable bonds is 6. The quantitative estimate of drug-likeness (QED) is 0.387. The van der Waals surface area contributed by atoms with Crippen molar-refractivity contribution in [1.82, 2.24) is 9.97 Å². The first-order valence-electron chi connectivity index (χ1n) is 8.33. The molecule has 3 rings (SSSR count). The van der Waals surface area contributed by atoms with E-state index >= 15 is 0 Å². The largest absolute Gasteiger partial charge is 0.290 e. The summed E-state index contributed by atoms with van der Waals surface area (Å²) in [5.74, 6) is 1.20. The molecule has 0 aliphatic heterocycles. The van der Waals surface area contributed by atoms with Gasteiger partial charge in [-0.05, 0) is 23.4 Å². The highest BCUT2D eigenvalue weighted by atomic mass is 32.2. The maximum absolute atomic E-state index is 12.2. The molecule has 1 aromatic heterocycles. The van der Waals surface area contributed by atoms with Gasteiger partial charge < -0.3 is 0 Å². The minimum absolute atomic E-state index is 0.0280. The molecule has 0 amide bonds. The van der Waals surface area contributed by atoms with E-state index in [2.05, 4.69) is 27.4 Å². The molecule has 0 aliphatic rings. The third kappa shape index (κ3) is 4.63. The van der Waals surface area contributed by atoms with Gasteiger partial charge in [0, 0.05) is 10.5 Å². The average Bonchev–Trinajstić information content (AvgIpc) is 2.70. The molecule has 0 atom stereocenters. The van der Waals surface area contributed by atoms with Crippen molar-refractivity contribution >= 4 is 23.9 Å². The van der Waals surface area contributed by atoms with Crippen LogP contribution in [0.5, 0.6) is 0 Å². The first-order valence-corrected chi connectivity index (χ1v) is 9.31. The summed E-state index contributed by atoms with van der Waals surface area (Å²) in [7, 11) is 0. The van der Waals surface area contributed by atoms with E-state index in [1.807, 2.05) is 48.5 Å². The molecule has 2 N–H and O–H groups in total. The van der Waals surface area contributed by atoms with Gasteiger partial charge in [-0.1, -0.05) is 49.4 Å². The normalized spacial score (nSPS) is 10.7. The number of anilines is 1. The Morgan fingerprint density at radius 2 is 1.96 bits per heavy atom. The van der Waals surface area contributed by atoms with E-state index < -0.39 is 5.56 Å². The molecule has 0 fully saturated rings. The Labute approximate surface area is 161 Å². The summed E-state index contributed by atoms with van der Waals surface area (Å²) in [5, 5.41) is 13.4. The van der Waals surface area contributed by atoms with Gasteiger partial charge in [-0.25, -0.2) is 10.4 Å². The number of thioether (sulfide) groups is 1. The topological polar surface area (TPSA) is 93.9 Å². The molecule has 7 heteroatoms. The number of nitriles is 1. The number of hydrazone groups is 1. The Hall–Kier alpha value is -3.37. The Morgan fingerprint density at radius 3 is 2.63 bits per heavy atom. The third-order valence-corrected chi connectivity index (χ3v) is 4.55. The zero-order chi connectivity index (χ0) is 19.1. The molecule has 0 bridgehead atoms. The number of aromatic nitrogens is 2. The summed E-state index contributed by atoms with van der Waals surface area (Å²) in [4.78, 5) is 20.3. The molecule has 0 saturated carbocycles. The monoisotopic (exact) mass is 375 g/mol. The minimum atomic E-state index is -0.509. The van der Waals surface area contributed by atoms with Gasteiger partial charge in [0.2, 0.25) is 5.95 Å². The maximum atomic E-state index is 12.2. The van der Waals surface area contributed by atoms with Crippen LogP contribution in [0.1, 0.15) is 18.1 Å². The molecule has 0 spiro atoms. The van der Waals surface area contributed by atoms with E-state index in [-0.39, 0.29) is 11.5 Å². The van der Waals surface area contributed by atoms with Crippen LogP contribution in [0.25, 0.3) is 11.3 Å². The summed E-state index contributed by atoms with van der Waals surface area (Å²) in [6, 6.07) is 19.0. The molecule has 0 saturated heterocycles. The van der Waals surface area contributed by atoms with Crippen molar-refractivity contribution in [1.29, 1.82) is 5.26 Å². The summed E-state index contributed by atoms with van der Waals surface area (Å²) in [6.07, 6.45) is 1.64. The highest BCUT2D eigenvalue weighted by molar-refractivity contribution is 7.99. The Kier molecular flexibility index (Phi) is 6.02. The van der Waals surface area contributed by atoms with Crippen LogP contribution in [-0.4, -0.2) is 21.9 Å². The second-order valence-electron chi connectivity index (χ2n) is 5.49. The van der Waals surface area contributed by atoms with E-state index in [1.165, 1.54) is 4.90 Å². The maximum Gasteiger partial charge on any atom is 0.270 e. The second-order valence-corrected chi connectivity index (χ2v) is 6.83. The molecule has 134 valence electrons. The number of benzene rings is 2. The van der Waals surface area contributed by atoms with Gasteiger partial charge in [-0.2, -0.15) is 10.4 Å². The fraction of sp³-hybridized carbons (Fsp3) is 0.100. The van der Waals surface area contributed by atoms with Gasteiger partial charge >= 0.3 is 0 Å². The van der Waals surface area contributed by atoms with Gasteiger partial charge in [-0.15, -0.1) is 11.8 Å². The van der Waals surface area contributed by atoms with Crippen molar-refractivity contribution < 1.29 is 0 Å². The van der Waals surface area contributed by atoms with E-state index in [0.717, 1.165) is 11.3 Å². The van der Waals surface area contributed by atoms with Crippen molar-refractivity contribution in [2.45, 2.75) is 11.8 Å². The number of nitrogens with zero attached hydrogens (tertiary/aromatic N) is 3. The molecule has 0 unspecified atom stereocenters. The van der Waals surface area contributed by atoms with Crippen molar-refractivity contribution in [2.24, 2.45) is 5.10 Å². The molecule has 2 aromatic carbocycles. The second kappa shape index (κ2) is 8.83. The fourth-order valence-electron chi connectivity index (χ4n) is 2.42. The summed E-state index contributed by atoms with van der Waals surface area (Å²) < 4.78 is 0. The number of H-pyrrole nitrogens is 1. The summed E-state index contributed by atoms with van der Waals surface area (Å²) in [6.45, 7) is 2.11. The number of aromatic amines is 1. The Balaban J connectivity index is 1.82. The van der Waals surface area contributed by atoms with Crippen LogP contribution < -0.4 is 11.0 Å². The van der Waals surface area contributed by atoms with Gasteiger partial charge in [0.05, 0.1) is 11.9 Å². The van der Waals surface area contributed by atoms with E-state index in [1.54, 1.807) is 30.1 Å². The Morgan fingerprint density at radius 1 is 1.22 bits per heavy atom. The Bertz CT molecular complexity index is 1040. The first-order chi connectivity index (χ1) is 13.2. The predicted octanol–water partition coefficient (Wildman–Crippen LogP) is 3.87. The van der Waals surface area contributed by atoms with E-state index in [9.17, 15) is 10.1 Å². The van der Waals surface area contributed by atoms with Crippen LogP contribution in [0.15, 0.2) is 69.4 Å². The van der Waals surface area contributed by atoms with Crippen LogP contribution >= 0.6 is 11.8 Å². The zero-order valence-corrected chi connectivity index (χ0v) is 15.5. The van der Waals surface area contributed by atoms with Crippen LogP contribution in [0.2, 0.25) is 0 Å². The minimum Gasteiger partial charge on any atom is -0.290 e. The third-order valence-electron chi connectivity index (χ3n) is 3.65. The van der Waals surface area contributed by atoms with E-state index in [0.29, 0.717) is 11.3 Å². The van der Waals surface area contributed by atoms with Crippen LogP contribution in [0.3, 0.4) is 0 Å². The lowest BCUT2D eigenvalue weighted by Gasteiger charge is -2.06. The molecule has 27 heavy (non-hydrogen) atoms. The summed E-state index contributed by atoms with van der Waals surface area (Å²) >= 11 is 1.77. The lowest BCUT2D eigenvalue weighted by molar-refractivity contribution is 1.08. The van der Waals surface area contributed by atoms with Gasteiger partial charge in [-0.3, -0.25) is 9.78 Å². The first kappa shape index (κ1) is 18.4. The molecule has 0 aliphatic carbocycles. The van der Waals surface area contributed by atoms with Gasteiger partial charge in [0.15, 0.2) is 0 Å². The molecule has 0 radical (unpaired) electrons. The highest BCUT2D eigenvalue weighted by Gasteiger charge is 2.12. The average molecular weight is 375 g/mol. The molecular weight excluding hydrogens is 358 g/mol. The lowest BCUT2D eigenvalue weighted by atomic mass is 10.1. The van der Waals surface area contributed by atoms with E-state index in [4.69, 9.17) is 0 Å². The standard InChI is InChI=1S/C20H17N5OS/c1-2-27-16-10-8-14(9-11-16)13-22-25-20-23-18(15-6-4-3-5-7-15)17(12-21)19(26)24-20/h3-11,13H,2H2,1H3,(H2,23,24,25,26). The molecular formula is C20H17N5OS. The SMILES string of the molecule is CCSc1ccc(C=NNc2nc(-c3ccccc3)c(C#N)c(=O)[nH]2)cc1. The van der Waals surface area contributed by atoms with Crippen LogP contribution in [0, 0.1) is 11.3 Å². The zero-order valence-electron chi connectivity index (χ0n) is 14.6. The van der Waals surface area contributed by atoms with Gasteiger partial charge in [0.1, 0.15) is 11.6 Å². The fourth-order valence-corrected chi connectivity index (χ4v) is 3.08. The highest BCUT2D eigenvalue weighted by Crippen LogP contribution is 2.19. The van der Waals surface area contributed by atoms with Crippen LogP contribution in [0.4, 0.5) is 5.95 Å². The molecule has 3 aromatic rings.